The van der Waals surface area contributed by atoms with Crippen LogP contribution in [0.15, 0.2) is 0 Å². The van der Waals surface area contributed by atoms with Gasteiger partial charge in [-0.1, -0.05) is 0 Å². The highest BCUT2D eigenvalue weighted by Crippen LogP contribution is 1.95. The van der Waals surface area contributed by atoms with Gasteiger partial charge in [-0.3, -0.25) is 11.3 Å². The van der Waals surface area contributed by atoms with Crippen LogP contribution < -0.4 is 11.3 Å². The van der Waals surface area contributed by atoms with Crippen molar-refractivity contribution in [2.45, 2.75) is 5.50 Å². The van der Waals surface area contributed by atoms with Crippen molar-refractivity contribution in [3.63, 3.8) is 0 Å². The van der Waals surface area contributed by atoms with Crippen molar-refractivity contribution < 1.29 is 0 Å². The molecule has 1 saturated heterocycles. The topological polar surface area (TPSA) is 44.5 Å². The van der Waals surface area contributed by atoms with Gasteiger partial charge in [-0.2, -0.15) is 0 Å². The largest absolute Gasteiger partial charge is 0.756 e. The van der Waals surface area contributed by atoms with E-state index >= 15 is 0 Å². The van der Waals surface area contributed by atoms with Crippen LogP contribution in [0.2, 0.25) is 0 Å². The lowest BCUT2D eigenvalue weighted by Crippen LogP contribution is -2.38. The summed E-state index contributed by atoms with van der Waals surface area (Å²) in [6, 6.07) is 0. The van der Waals surface area contributed by atoms with E-state index in [-0.39, 0.29) is 5.50 Å². The number of nitrogens with one attached hydrogen (secondary N) is 1. The number of nitrogens with zero attached hydrogens (tertiary/aromatic N) is 2. The van der Waals surface area contributed by atoms with E-state index < -0.39 is 0 Å². The van der Waals surface area contributed by atoms with Crippen LogP contribution in [-0.2, 0) is 12.6 Å². The van der Waals surface area contributed by atoms with E-state index in [0.29, 0.717) is 6.67 Å². The summed E-state index contributed by atoms with van der Waals surface area (Å²) in [5.74, 6) is 5.39. The van der Waals surface area contributed by atoms with Crippen molar-refractivity contribution in [1.82, 2.24) is 15.4 Å². The average Bonchev–Trinajstić information content (AvgIpc) is 1.85. The van der Waals surface area contributed by atoms with Crippen LogP contribution in [0.3, 0.4) is 0 Å². The summed E-state index contributed by atoms with van der Waals surface area (Å²) in [4.78, 5) is 0. The number of nitrogens with two attached hydrogens (primary N) is 1. The zero-order chi connectivity index (χ0) is 6.15. The molecule has 0 radical (unpaired) electrons. The lowest BCUT2D eigenvalue weighted by Gasteiger charge is -2.22. The molecule has 48 valence electrons. The Morgan fingerprint density at radius 3 is 2.62 bits per heavy atom. The van der Waals surface area contributed by atoms with Gasteiger partial charge >= 0.3 is 0 Å². The molecule has 8 heavy (non-hydrogen) atoms. The maximum atomic E-state index is 5.39. The Bertz CT molecular complexity index is 77.4. The summed E-state index contributed by atoms with van der Waals surface area (Å²) in [7, 11) is 1.90. The van der Waals surface area contributed by atoms with E-state index in [1.165, 1.54) is 0 Å². The third kappa shape index (κ3) is 1.12. The number of hydrazine groups is 2. The smallest absolute Gasteiger partial charge is 0.0771 e. The molecule has 5 heteroatoms. The van der Waals surface area contributed by atoms with Crippen LogP contribution in [-0.4, -0.2) is 29.2 Å². The molecule has 0 bridgehead atoms. The number of hydrogen-bond donors (Lipinski definition) is 2. The van der Waals surface area contributed by atoms with Gasteiger partial charge in [-0.05, 0) is 5.50 Å². The third-order valence-electron chi connectivity index (χ3n) is 1.01. The molecule has 1 aliphatic heterocycles. The van der Waals surface area contributed by atoms with Crippen LogP contribution in [0.5, 0.6) is 0 Å². The van der Waals surface area contributed by atoms with E-state index in [1.54, 1.807) is 5.01 Å². The van der Waals surface area contributed by atoms with Crippen LogP contribution in [0.25, 0.3) is 0 Å². The predicted molar refractivity (Wildman–Crippen MR) is 32.9 cm³/mol. The van der Waals surface area contributed by atoms with Crippen molar-refractivity contribution in [2.24, 2.45) is 5.84 Å². The van der Waals surface area contributed by atoms with Crippen LogP contribution in [0, 0.1) is 0 Å². The van der Waals surface area contributed by atoms with E-state index in [9.17, 15) is 0 Å². The summed E-state index contributed by atoms with van der Waals surface area (Å²) in [5.41, 5.74) is 2.78. The summed E-state index contributed by atoms with van der Waals surface area (Å²) >= 11 is 4.85. The zero-order valence-electron chi connectivity index (χ0n) is 4.66. The van der Waals surface area contributed by atoms with Crippen molar-refractivity contribution in [2.75, 3.05) is 13.7 Å². The zero-order valence-corrected chi connectivity index (χ0v) is 5.48. The molecular weight excluding hydrogens is 124 g/mol. The molecule has 1 atom stereocenters. The minimum atomic E-state index is -0.139. The van der Waals surface area contributed by atoms with E-state index in [0.717, 1.165) is 0 Å². The highest BCUT2D eigenvalue weighted by atomic mass is 32.1. The van der Waals surface area contributed by atoms with Gasteiger partial charge in [0, 0.05) is 7.05 Å². The molecule has 0 amide bonds. The molecule has 0 aromatic carbocycles. The molecule has 1 aliphatic rings. The Balaban J connectivity index is 2.39. The number of hydrogen-bond acceptors (Lipinski definition) is 5. The maximum absolute atomic E-state index is 5.39. The van der Waals surface area contributed by atoms with Gasteiger partial charge in [0.15, 0.2) is 0 Å². The first kappa shape index (κ1) is 6.31. The minimum absolute atomic E-state index is 0.139. The van der Waals surface area contributed by atoms with Crippen molar-refractivity contribution >= 4 is 12.6 Å². The first-order valence-electron chi connectivity index (χ1n) is 2.34. The summed E-state index contributed by atoms with van der Waals surface area (Å²) < 4.78 is 0. The molecule has 3 N–H and O–H groups in total. The second kappa shape index (κ2) is 2.20. The van der Waals surface area contributed by atoms with E-state index in [2.05, 4.69) is 5.43 Å². The lowest BCUT2D eigenvalue weighted by atomic mass is 11.0. The van der Waals surface area contributed by atoms with E-state index in [4.69, 9.17) is 18.5 Å². The average molecular weight is 133 g/mol. The first-order valence-corrected chi connectivity index (χ1v) is 2.82. The quantitative estimate of drug-likeness (QED) is 0.308. The molecule has 1 fully saturated rings. The van der Waals surface area contributed by atoms with Crippen molar-refractivity contribution in [1.29, 1.82) is 0 Å². The highest BCUT2D eigenvalue weighted by Gasteiger charge is 2.13. The maximum Gasteiger partial charge on any atom is 0.0771 e. The van der Waals surface area contributed by atoms with E-state index in [1.807, 2.05) is 12.1 Å². The predicted octanol–water partition coefficient (Wildman–Crippen LogP) is -1.60. The minimum Gasteiger partial charge on any atom is -0.756 e. The van der Waals surface area contributed by atoms with Gasteiger partial charge in [0.25, 0.3) is 0 Å². The molecule has 1 heterocycles. The van der Waals surface area contributed by atoms with Gasteiger partial charge in [-0.25, -0.2) is 10.0 Å². The Labute approximate surface area is 54.0 Å². The normalized spacial score (nSPS) is 34.1. The molecule has 4 nitrogen and oxygen atoms in total. The standard InChI is InChI=1S/C3H10N4S/c1-6-2-7(4)3(8)5-6/h3,5,8H,2,4H2,1H3/p-1. The van der Waals surface area contributed by atoms with Crippen molar-refractivity contribution in [3.05, 3.63) is 0 Å². The Kier molecular flexibility index (Phi) is 1.74. The van der Waals surface area contributed by atoms with Crippen LogP contribution in [0.1, 0.15) is 0 Å². The fraction of sp³-hybridized carbons (Fsp3) is 1.00. The second-order valence-electron chi connectivity index (χ2n) is 1.84. The molecule has 0 aromatic rings. The molecule has 1 unspecified atom stereocenters. The van der Waals surface area contributed by atoms with Gasteiger partial charge in [0.1, 0.15) is 0 Å². The molecule has 0 aromatic heterocycles. The number of rotatable bonds is 0. The summed E-state index contributed by atoms with van der Waals surface area (Å²) in [6.07, 6.45) is 0. The fourth-order valence-electron chi connectivity index (χ4n) is 0.623. The van der Waals surface area contributed by atoms with Gasteiger partial charge in [-0.15, -0.1) is 0 Å². The third-order valence-corrected chi connectivity index (χ3v) is 1.38. The monoisotopic (exact) mass is 133 g/mol. The second-order valence-corrected chi connectivity index (χ2v) is 2.28. The molecular formula is C3H9N4S-. The van der Waals surface area contributed by atoms with Gasteiger partial charge in [0.05, 0.1) is 6.67 Å². The Hall–Kier alpha value is 0.190. The molecule has 0 spiro atoms. The van der Waals surface area contributed by atoms with Gasteiger partial charge in [0.2, 0.25) is 0 Å². The highest BCUT2D eigenvalue weighted by molar-refractivity contribution is 7.59. The fourth-order valence-corrected chi connectivity index (χ4v) is 0.869. The summed E-state index contributed by atoms with van der Waals surface area (Å²) in [5, 5.41) is 3.40. The lowest BCUT2D eigenvalue weighted by molar-refractivity contribution is 0.262. The van der Waals surface area contributed by atoms with Crippen LogP contribution >= 0.6 is 0 Å². The molecule has 0 aliphatic carbocycles. The first-order chi connectivity index (χ1) is 3.70. The Morgan fingerprint density at radius 2 is 2.50 bits per heavy atom. The molecule has 0 saturated carbocycles. The molecule has 1 rings (SSSR count). The summed E-state index contributed by atoms with van der Waals surface area (Å²) in [6.45, 7) is 0.689. The van der Waals surface area contributed by atoms with Crippen molar-refractivity contribution in [3.8, 4) is 0 Å². The van der Waals surface area contributed by atoms with Gasteiger partial charge < -0.3 is 12.6 Å². The Morgan fingerprint density at radius 1 is 1.88 bits per heavy atom. The SMILES string of the molecule is CN1CN(N)C([S-])N1. The van der Waals surface area contributed by atoms with Crippen LogP contribution in [0.4, 0.5) is 0 Å².